The summed E-state index contributed by atoms with van der Waals surface area (Å²) in [4.78, 5) is 0. The zero-order valence-electron chi connectivity index (χ0n) is 9.31. The van der Waals surface area contributed by atoms with Crippen LogP contribution in [0.3, 0.4) is 0 Å². The van der Waals surface area contributed by atoms with Gasteiger partial charge < -0.3 is 5.32 Å². The molecule has 0 fully saturated rings. The van der Waals surface area contributed by atoms with E-state index in [4.69, 9.17) is 16.9 Å². The van der Waals surface area contributed by atoms with E-state index < -0.39 is 0 Å². The van der Waals surface area contributed by atoms with E-state index in [0.717, 1.165) is 11.4 Å². The lowest BCUT2D eigenvalue weighted by Gasteiger charge is -2.08. The summed E-state index contributed by atoms with van der Waals surface area (Å²) >= 11 is 5.90. The summed E-state index contributed by atoms with van der Waals surface area (Å²) in [6, 6.07) is 9.20. The first-order valence-corrected chi connectivity index (χ1v) is 5.49. The highest BCUT2D eigenvalue weighted by atomic mass is 35.5. The highest BCUT2D eigenvalue weighted by Crippen LogP contribution is 2.20. The van der Waals surface area contributed by atoms with Crippen molar-refractivity contribution in [3.8, 4) is 6.07 Å². The van der Waals surface area contributed by atoms with Crippen LogP contribution in [0.4, 0.5) is 5.69 Å². The molecule has 2 aromatic rings. The minimum atomic E-state index is 0.580. The first-order chi connectivity index (χ1) is 8.20. The zero-order chi connectivity index (χ0) is 12.3. The molecule has 4 nitrogen and oxygen atoms in total. The van der Waals surface area contributed by atoms with Crippen LogP contribution in [0.25, 0.3) is 0 Å². The third-order valence-electron chi connectivity index (χ3n) is 2.48. The van der Waals surface area contributed by atoms with Crippen LogP contribution in [0, 0.1) is 11.3 Å². The van der Waals surface area contributed by atoms with Gasteiger partial charge in [0.15, 0.2) is 0 Å². The van der Waals surface area contributed by atoms with Crippen molar-refractivity contribution in [3.63, 3.8) is 0 Å². The molecule has 1 heterocycles. The van der Waals surface area contributed by atoms with Crippen molar-refractivity contribution in [2.75, 3.05) is 5.32 Å². The first-order valence-electron chi connectivity index (χ1n) is 5.11. The molecule has 0 aliphatic carbocycles. The van der Waals surface area contributed by atoms with Gasteiger partial charge in [-0.15, -0.1) is 0 Å². The molecule has 1 N–H and O–H groups in total. The van der Waals surface area contributed by atoms with Crippen LogP contribution in [0.5, 0.6) is 0 Å². The fraction of sp³-hybridized carbons (Fsp3) is 0.167. The molecule has 0 spiro atoms. The summed E-state index contributed by atoms with van der Waals surface area (Å²) in [5.41, 5.74) is 2.35. The van der Waals surface area contributed by atoms with Crippen molar-refractivity contribution < 1.29 is 0 Å². The number of nitrogens with one attached hydrogen (secondary N) is 1. The van der Waals surface area contributed by atoms with E-state index in [2.05, 4.69) is 16.5 Å². The molecule has 0 amide bonds. The summed E-state index contributed by atoms with van der Waals surface area (Å²) < 4.78 is 1.78. The van der Waals surface area contributed by atoms with Gasteiger partial charge >= 0.3 is 0 Å². The Labute approximate surface area is 104 Å². The van der Waals surface area contributed by atoms with Gasteiger partial charge in [-0.25, -0.2) is 0 Å². The van der Waals surface area contributed by atoms with Crippen molar-refractivity contribution >= 4 is 17.3 Å². The third-order valence-corrected chi connectivity index (χ3v) is 2.72. The Bertz CT molecular complexity index is 568. The Kier molecular flexibility index (Phi) is 3.31. The van der Waals surface area contributed by atoms with E-state index in [9.17, 15) is 0 Å². The highest BCUT2D eigenvalue weighted by molar-refractivity contribution is 6.30. The number of hydrogen-bond acceptors (Lipinski definition) is 3. The normalized spacial score (nSPS) is 9.94. The number of nitriles is 1. The van der Waals surface area contributed by atoms with Crippen LogP contribution in [0.15, 0.2) is 30.5 Å². The number of halogens is 1. The number of aryl methyl sites for hydroxylation is 1. The topological polar surface area (TPSA) is 53.6 Å². The van der Waals surface area contributed by atoms with Gasteiger partial charge in [0.05, 0.1) is 23.5 Å². The monoisotopic (exact) mass is 246 g/mol. The summed E-state index contributed by atoms with van der Waals surface area (Å²) in [6.45, 7) is 0.603. The van der Waals surface area contributed by atoms with Gasteiger partial charge in [-0.2, -0.15) is 10.4 Å². The predicted molar refractivity (Wildman–Crippen MR) is 66.7 cm³/mol. The molecule has 1 aromatic carbocycles. The Hall–Kier alpha value is -1.99. The third kappa shape index (κ3) is 2.58. The second kappa shape index (κ2) is 4.89. The molecular weight excluding hydrogens is 236 g/mol. The molecule has 5 heteroatoms. The molecular formula is C12H11ClN4. The molecule has 0 saturated heterocycles. The number of benzene rings is 1. The molecule has 2 rings (SSSR count). The van der Waals surface area contributed by atoms with Gasteiger partial charge in [-0.05, 0) is 24.3 Å². The molecule has 1 aromatic heterocycles. The zero-order valence-corrected chi connectivity index (χ0v) is 10.1. The standard InChI is InChI=1S/C12H11ClN4/c1-17-11(4-5-16-17)8-15-12-6-10(13)3-2-9(12)7-14/h2-6,15H,8H2,1H3. The summed E-state index contributed by atoms with van der Waals surface area (Å²) in [5, 5.41) is 16.8. The van der Waals surface area contributed by atoms with Crippen LogP contribution in [-0.4, -0.2) is 9.78 Å². The van der Waals surface area contributed by atoms with Gasteiger partial charge in [-0.3, -0.25) is 4.68 Å². The summed E-state index contributed by atoms with van der Waals surface area (Å²) in [6.07, 6.45) is 1.74. The Morgan fingerprint density at radius 2 is 2.29 bits per heavy atom. The largest absolute Gasteiger partial charge is 0.378 e. The van der Waals surface area contributed by atoms with Crippen molar-refractivity contribution in [3.05, 3.63) is 46.7 Å². The van der Waals surface area contributed by atoms with Crippen molar-refractivity contribution in [1.82, 2.24) is 9.78 Å². The molecule has 0 atom stereocenters. The minimum Gasteiger partial charge on any atom is -0.378 e. The molecule has 86 valence electrons. The maximum Gasteiger partial charge on any atom is 0.101 e. The number of anilines is 1. The van der Waals surface area contributed by atoms with Gasteiger partial charge in [-0.1, -0.05) is 11.6 Å². The van der Waals surface area contributed by atoms with Crippen LogP contribution >= 0.6 is 11.6 Å². The average Bonchev–Trinajstić information content (AvgIpc) is 2.72. The van der Waals surface area contributed by atoms with E-state index >= 15 is 0 Å². The molecule has 0 saturated carbocycles. The van der Waals surface area contributed by atoms with Crippen molar-refractivity contribution in [1.29, 1.82) is 5.26 Å². The molecule has 0 aliphatic rings. The SMILES string of the molecule is Cn1nccc1CNc1cc(Cl)ccc1C#N. The lowest BCUT2D eigenvalue weighted by Crippen LogP contribution is -2.06. The van der Waals surface area contributed by atoms with Gasteiger partial charge in [0.2, 0.25) is 0 Å². The van der Waals surface area contributed by atoms with Crippen molar-refractivity contribution in [2.24, 2.45) is 7.05 Å². The number of aromatic nitrogens is 2. The molecule has 17 heavy (non-hydrogen) atoms. The predicted octanol–water partition coefficient (Wildman–Crippen LogP) is 2.56. The van der Waals surface area contributed by atoms with E-state index in [-0.39, 0.29) is 0 Å². The Morgan fingerprint density at radius 1 is 1.47 bits per heavy atom. The van der Waals surface area contributed by atoms with E-state index in [0.29, 0.717) is 17.1 Å². The fourth-order valence-corrected chi connectivity index (χ4v) is 1.69. The Balaban J connectivity index is 2.17. The fourth-order valence-electron chi connectivity index (χ4n) is 1.52. The second-order valence-electron chi connectivity index (χ2n) is 3.60. The number of nitrogens with zero attached hydrogens (tertiary/aromatic N) is 3. The molecule has 0 radical (unpaired) electrons. The quantitative estimate of drug-likeness (QED) is 0.906. The van der Waals surface area contributed by atoms with Gasteiger partial charge in [0.25, 0.3) is 0 Å². The summed E-state index contributed by atoms with van der Waals surface area (Å²) in [7, 11) is 1.88. The second-order valence-corrected chi connectivity index (χ2v) is 4.04. The van der Waals surface area contributed by atoms with E-state index in [1.54, 1.807) is 29.1 Å². The van der Waals surface area contributed by atoms with Gasteiger partial charge in [0, 0.05) is 18.3 Å². The minimum absolute atomic E-state index is 0.580. The van der Waals surface area contributed by atoms with E-state index in [1.807, 2.05) is 13.1 Å². The maximum atomic E-state index is 8.97. The number of hydrogen-bond donors (Lipinski definition) is 1. The van der Waals surface area contributed by atoms with Crippen LogP contribution < -0.4 is 5.32 Å². The van der Waals surface area contributed by atoms with E-state index in [1.165, 1.54) is 0 Å². The Morgan fingerprint density at radius 3 is 2.94 bits per heavy atom. The molecule has 0 aliphatic heterocycles. The summed E-state index contributed by atoms with van der Waals surface area (Å²) in [5.74, 6) is 0. The maximum absolute atomic E-state index is 8.97. The van der Waals surface area contributed by atoms with Crippen LogP contribution in [-0.2, 0) is 13.6 Å². The lowest BCUT2D eigenvalue weighted by molar-refractivity contribution is 0.720. The van der Waals surface area contributed by atoms with Crippen molar-refractivity contribution in [2.45, 2.75) is 6.54 Å². The lowest BCUT2D eigenvalue weighted by atomic mass is 10.2. The van der Waals surface area contributed by atoms with Gasteiger partial charge in [0.1, 0.15) is 6.07 Å². The van der Waals surface area contributed by atoms with Crippen LogP contribution in [0.2, 0.25) is 5.02 Å². The number of rotatable bonds is 3. The van der Waals surface area contributed by atoms with Crippen LogP contribution in [0.1, 0.15) is 11.3 Å². The molecule has 0 bridgehead atoms. The molecule has 0 unspecified atom stereocenters. The smallest absolute Gasteiger partial charge is 0.101 e. The average molecular weight is 247 g/mol. The first kappa shape index (κ1) is 11.5. The highest BCUT2D eigenvalue weighted by Gasteiger charge is 2.04.